The molecular formula is C23H20ClNO2. The van der Waals surface area contributed by atoms with E-state index in [1.165, 1.54) is 11.1 Å². The number of para-hydroxylation sites is 1. The Morgan fingerprint density at radius 3 is 2.44 bits per heavy atom. The molecule has 1 aliphatic heterocycles. The van der Waals surface area contributed by atoms with Crippen LogP contribution in [0.15, 0.2) is 78.9 Å². The molecule has 1 aliphatic rings. The molecule has 0 spiro atoms. The summed E-state index contributed by atoms with van der Waals surface area (Å²) in [5.74, 6) is 0.680. The lowest BCUT2D eigenvalue weighted by Crippen LogP contribution is -2.42. The molecule has 0 saturated heterocycles. The highest BCUT2D eigenvalue weighted by atomic mass is 35.5. The van der Waals surface area contributed by atoms with Crippen LogP contribution in [0.4, 0.5) is 0 Å². The van der Waals surface area contributed by atoms with E-state index in [1.54, 1.807) is 0 Å². The first-order valence-corrected chi connectivity index (χ1v) is 9.41. The van der Waals surface area contributed by atoms with E-state index in [9.17, 15) is 4.79 Å². The predicted octanol–water partition coefficient (Wildman–Crippen LogP) is 4.89. The van der Waals surface area contributed by atoms with Crippen LogP contribution in [0.3, 0.4) is 0 Å². The molecule has 0 aromatic heterocycles. The van der Waals surface area contributed by atoms with Crippen LogP contribution in [0.5, 0.6) is 5.75 Å². The normalized spacial score (nSPS) is 15.9. The van der Waals surface area contributed by atoms with Gasteiger partial charge in [-0.05, 0) is 47.4 Å². The first kappa shape index (κ1) is 17.6. The summed E-state index contributed by atoms with van der Waals surface area (Å²) in [6.45, 7) is 0.692. The van der Waals surface area contributed by atoms with Crippen molar-refractivity contribution in [2.45, 2.75) is 12.5 Å². The molecule has 0 unspecified atom stereocenters. The molecule has 3 aromatic carbocycles. The minimum atomic E-state index is -0.126. The van der Waals surface area contributed by atoms with E-state index >= 15 is 0 Å². The molecule has 3 aromatic rings. The van der Waals surface area contributed by atoms with E-state index in [-0.39, 0.29) is 18.6 Å². The van der Waals surface area contributed by atoms with Crippen LogP contribution < -0.4 is 4.74 Å². The lowest BCUT2D eigenvalue weighted by Gasteiger charge is -2.37. The van der Waals surface area contributed by atoms with E-state index in [4.69, 9.17) is 16.3 Å². The molecule has 3 nitrogen and oxygen atoms in total. The molecule has 0 N–H and O–H groups in total. The minimum Gasteiger partial charge on any atom is -0.484 e. The lowest BCUT2D eigenvalue weighted by molar-refractivity contribution is -0.135. The first-order chi connectivity index (χ1) is 13.2. The Morgan fingerprint density at radius 1 is 0.963 bits per heavy atom. The number of ether oxygens (including phenoxy) is 1. The summed E-state index contributed by atoms with van der Waals surface area (Å²) in [5.41, 5.74) is 3.50. The second kappa shape index (κ2) is 7.85. The van der Waals surface area contributed by atoms with Gasteiger partial charge in [0.1, 0.15) is 5.75 Å². The van der Waals surface area contributed by atoms with E-state index in [2.05, 4.69) is 12.1 Å². The van der Waals surface area contributed by atoms with Gasteiger partial charge in [0.25, 0.3) is 5.91 Å². The molecular weight excluding hydrogens is 358 g/mol. The van der Waals surface area contributed by atoms with Crippen LogP contribution in [-0.4, -0.2) is 24.0 Å². The maximum atomic E-state index is 13.0. The van der Waals surface area contributed by atoms with E-state index in [0.717, 1.165) is 12.0 Å². The van der Waals surface area contributed by atoms with Crippen molar-refractivity contribution in [3.05, 3.63) is 101 Å². The third kappa shape index (κ3) is 3.83. The maximum Gasteiger partial charge on any atom is 0.261 e. The number of hydrogen-bond donors (Lipinski definition) is 0. The molecule has 1 amide bonds. The minimum absolute atomic E-state index is 0.0201. The van der Waals surface area contributed by atoms with E-state index in [1.807, 2.05) is 71.6 Å². The topological polar surface area (TPSA) is 29.5 Å². The zero-order chi connectivity index (χ0) is 18.6. The van der Waals surface area contributed by atoms with Gasteiger partial charge in [0.2, 0.25) is 0 Å². The predicted molar refractivity (Wildman–Crippen MR) is 107 cm³/mol. The average molecular weight is 378 g/mol. The van der Waals surface area contributed by atoms with Gasteiger partial charge in [-0.25, -0.2) is 0 Å². The molecule has 0 bridgehead atoms. The zero-order valence-electron chi connectivity index (χ0n) is 14.8. The summed E-state index contributed by atoms with van der Waals surface area (Å²) in [7, 11) is 0. The quantitative estimate of drug-likeness (QED) is 0.647. The molecule has 1 heterocycles. The summed E-state index contributed by atoms with van der Waals surface area (Å²) < 4.78 is 5.70. The smallest absolute Gasteiger partial charge is 0.261 e. The number of halogens is 1. The number of carbonyl (C=O) groups is 1. The second-order valence-corrected chi connectivity index (χ2v) is 7.03. The van der Waals surface area contributed by atoms with E-state index in [0.29, 0.717) is 17.3 Å². The van der Waals surface area contributed by atoms with E-state index < -0.39 is 0 Å². The van der Waals surface area contributed by atoms with Crippen molar-refractivity contribution in [2.75, 3.05) is 13.2 Å². The molecule has 0 aliphatic carbocycles. The van der Waals surface area contributed by atoms with Crippen LogP contribution in [-0.2, 0) is 11.2 Å². The third-order valence-electron chi connectivity index (χ3n) is 4.90. The summed E-state index contributed by atoms with van der Waals surface area (Å²) >= 11 is 6.07. The number of hydrogen-bond acceptors (Lipinski definition) is 2. The van der Waals surface area contributed by atoms with Gasteiger partial charge in [-0.1, -0.05) is 66.2 Å². The van der Waals surface area contributed by atoms with Gasteiger partial charge in [-0.3, -0.25) is 4.79 Å². The Kier molecular flexibility index (Phi) is 5.12. The van der Waals surface area contributed by atoms with Crippen molar-refractivity contribution >= 4 is 17.5 Å². The van der Waals surface area contributed by atoms with Gasteiger partial charge in [-0.15, -0.1) is 0 Å². The highest BCUT2D eigenvalue weighted by Gasteiger charge is 2.31. The highest BCUT2D eigenvalue weighted by molar-refractivity contribution is 6.30. The molecule has 4 rings (SSSR count). The summed E-state index contributed by atoms with van der Waals surface area (Å²) in [6.07, 6.45) is 0.845. The van der Waals surface area contributed by atoms with Crippen LogP contribution in [0.1, 0.15) is 22.7 Å². The molecule has 1 atom stereocenters. The monoisotopic (exact) mass is 377 g/mol. The first-order valence-electron chi connectivity index (χ1n) is 9.03. The Bertz CT molecular complexity index is 925. The third-order valence-corrected chi connectivity index (χ3v) is 5.15. The number of amides is 1. The van der Waals surface area contributed by atoms with Gasteiger partial charge in [0.05, 0.1) is 6.04 Å². The van der Waals surface area contributed by atoms with Crippen LogP contribution in [0, 0.1) is 0 Å². The van der Waals surface area contributed by atoms with Crippen LogP contribution in [0.2, 0.25) is 5.02 Å². The van der Waals surface area contributed by atoms with Gasteiger partial charge in [0.15, 0.2) is 6.61 Å². The fourth-order valence-corrected chi connectivity index (χ4v) is 3.71. The van der Waals surface area contributed by atoms with Gasteiger partial charge in [-0.2, -0.15) is 0 Å². The number of rotatable bonds is 4. The number of nitrogens with zero attached hydrogens (tertiary/aromatic N) is 1. The largest absolute Gasteiger partial charge is 0.484 e. The number of carbonyl (C=O) groups excluding carboxylic acids is 1. The SMILES string of the molecule is O=C(COc1ccccc1)N1CCc2ccccc2[C@H]1c1ccc(Cl)cc1. The summed E-state index contributed by atoms with van der Waals surface area (Å²) in [5, 5.41) is 0.688. The van der Waals surface area contributed by atoms with Crippen molar-refractivity contribution in [2.24, 2.45) is 0 Å². The second-order valence-electron chi connectivity index (χ2n) is 6.59. The van der Waals surface area contributed by atoms with Gasteiger partial charge < -0.3 is 9.64 Å². The fourth-order valence-electron chi connectivity index (χ4n) is 3.58. The van der Waals surface area contributed by atoms with Crippen molar-refractivity contribution in [1.82, 2.24) is 4.90 Å². The molecule has 0 fully saturated rings. The Hall–Kier alpha value is -2.78. The van der Waals surface area contributed by atoms with Crippen LogP contribution in [0.25, 0.3) is 0 Å². The fraction of sp³-hybridized carbons (Fsp3) is 0.174. The molecule has 136 valence electrons. The van der Waals surface area contributed by atoms with Crippen molar-refractivity contribution in [1.29, 1.82) is 0 Å². The average Bonchev–Trinajstić information content (AvgIpc) is 2.72. The zero-order valence-corrected chi connectivity index (χ0v) is 15.6. The number of benzene rings is 3. The lowest BCUT2D eigenvalue weighted by atomic mass is 9.88. The van der Waals surface area contributed by atoms with Gasteiger partial charge in [0, 0.05) is 11.6 Å². The Labute approximate surface area is 164 Å². The summed E-state index contributed by atoms with van der Waals surface area (Å²) in [6, 6.07) is 25.4. The van der Waals surface area contributed by atoms with Crippen molar-refractivity contribution < 1.29 is 9.53 Å². The Morgan fingerprint density at radius 2 is 1.67 bits per heavy atom. The standard InChI is InChI=1S/C23H20ClNO2/c24-19-12-10-18(11-13-19)23-21-9-5-4-6-17(21)14-15-25(23)22(26)16-27-20-7-2-1-3-8-20/h1-13,23H,14-16H2/t23-/m1/s1. The van der Waals surface area contributed by atoms with Gasteiger partial charge >= 0.3 is 0 Å². The molecule has 27 heavy (non-hydrogen) atoms. The maximum absolute atomic E-state index is 13.0. The number of fused-ring (bicyclic) bond motifs is 1. The van der Waals surface area contributed by atoms with Crippen molar-refractivity contribution in [3.63, 3.8) is 0 Å². The van der Waals surface area contributed by atoms with Crippen LogP contribution >= 0.6 is 11.6 Å². The highest BCUT2D eigenvalue weighted by Crippen LogP contribution is 2.35. The summed E-state index contributed by atoms with van der Waals surface area (Å²) in [4.78, 5) is 14.9. The Balaban J connectivity index is 1.62. The molecule has 0 saturated carbocycles. The molecule has 4 heteroatoms. The van der Waals surface area contributed by atoms with Crippen molar-refractivity contribution in [3.8, 4) is 5.75 Å². The molecule has 0 radical (unpaired) electrons.